The van der Waals surface area contributed by atoms with Crippen molar-refractivity contribution in [3.8, 4) is 6.07 Å². The van der Waals surface area contributed by atoms with Gasteiger partial charge in [0.2, 0.25) is 0 Å². The molecular formula is C15H19N3O2. The minimum Gasteiger partial charge on any atom is -0.394 e. The molecule has 1 fully saturated rings. The molecule has 3 N–H and O–H groups in total. The number of carbonyl (C=O) groups is 1. The minimum atomic E-state index is -0.543. The average Bonchev–Trinajstić information content (AvgIpc) is 3.30. The Balaban J connectivity index is 1.87. The van der Waals surface area contributed by atoms with Gasteiger partial charge in [0.15, 0.2) is 0 Å². The van der Waals surface area contributed by atoms with E-state index in [1.54, 1.807) is 18.2 Å². The molecule has 5 heteroatoms. The van der Waals surface area contributed by atoms with Crippen molar-refractivity contribution in [3.05, 3.63) is 35.4 Å². The minimum absolute atomic E-state index is 0.0605. The Hall–Kier alpha value is -2.06. The van der Waals surface area contributed by atoms with Gasteiger partial charge >= 0.3 is 6.03 Å². The number of aliphatic hydroxyl groups is 1. The molecule has 0 heterocycles. The highest BCUT2D eigenvalue weighted by Crippen LogP contribution is 2.39. The molecule has 2 amide bonds. The quantitative estimate of drug-likeness (QED) is 0.760. The lowest BCUT2D eigenvalue weighted by molar-refractivity contribution is 0.155. The van der Waals surface area contributed by atoms with Gasteiger partial charge in [0.25, 0.3) is 0 Å². The van der Waals surface area contributed by atoms with Crippen LogP contribution in [0.25, 0.3) is 0 Å². The molecule has 0 bridgehead atoms. The van der Waals surface area contributed by atoms with Crippen molar-refractivity contribution in [2.75, 3.05) is 6.61 Å². The lowest BCUT2D eigenvalue weighted by Crippen LogP contribution is -2.53. The molecule has 0 spiro atoms. The van der Waals surface area contributed by atoms with Crippen LogP contribution < -0.4 is 10.6 Å². The van der Waals surface area contributed by atoms with E-state index >= 15 is 0 Å². The highest BCUT2D eigenvalue weighted by Gasteiger charge is 2.42. The number of nitrogens with zero attached hydrogens (tertiary/aromatic N) is 1. The fraction of sp³-hybridized carbons (Fsp3) is 0.467. The van der Waals surface area contributed by atoms with Crippen LogP contribution in [0.15, 0.2) is 24.3 Å². The van der Waals surface area contributed by atoms with Gasteiger partial charge in [0.1, 0.15) is 0 Å². The molecule has 106 valence electrons. The second kappa shape index (κ2) is 5.93. The summed E-state index contributed by atoms with van der Waals surface area (Å²) in [5.74, 6) is 0.361. The van der Waals surface area contributed by atoms with E-state index in [0.717, 1.165) is 18.4 Å². The standard InChI is InChI=1S/C15H19N3O2/c1-15(10-19,13-5-6-13)18-14(20)17-9-12-4-2-3-11(7-12)8-16/h2-4,7,13,19H,5-6,9-10H2,1H3,(H2,17,18,20). The normalized spacial score (nSPS) is 16.9. The van der Waals surface area contributed by atoms with Gasteiger partial charge in [0.05, 0.1) is 23.8 Å². The fourth-order valence-electron chi connectivity index (χ4n) is 2.23. The Bertz CT molecular complexity index is 534. The molecule has 0 saturated heterocycles. The van der Waals surface area contributed by atoms with Gasteiger partial charge in [-0.25, -0.2) is 4.79 Å². The Morgan fingerprint density at radius 2 is 2.30 bits per heavy atom. The molecule has 1 saturated carbocycles. The molecule has 1 aromatic rings. The molecule has 2 rings (SSSR count). The van der Waals surface area contributed by atoms with Crippen molar-refractivity contribution in [1.29, 1.82) is 5.26 Å². The van der Waals surface area contributed by atoms with Crippen molar-refractivity contribution >= 4 is 6.03 Å². The zero-order valence-electron chi connectivity index (χ0n) is 11.5. The lowest BCUT2D eigenvalue weighted by Gasteiger charge is -2.28. The van der Waals surface area contributed by atoms with Crippen molar-refractivity contribution in [3.63, 3.8) is 0 Å². The number of aliphatic hydroxyl groups excluding tert-OH is 1. The Morgan fingerprint density at radius 1 is 1.55 bits per heavy atom. The number of benzene rings is 1. The van der Waals surface area contributed by atoms with Gasteiger partial charge in [-0.1, -0.05) is 12.1 Å². The summed E-state index contributed by atoms with van der Waals surface area (Å²) in [4.78, 5) is 11.9. The molecular weight excluding hydrogens is 254 g/mol. The summed E-state index contributed by atoms with van der Waals surface area (Å²) in [5.41, 5.74) is 0.901. The summed E-state index contributed by atoms with van der Waals surface area (Å²) in [7, 11) is 0. The maximum atomic E-state index is 11.9. The summed E-state index contributed by atoms with van der Waals surface area (Å²) in [6, 6.07) is 8.87. The predicted molar refractivity (Wildman–Crippen MR) is 74.7 cm³/mol. The van der Waals surface area contributed by atoms with E-state index in [1.165, 1.54) is 0 Å². The molecule has 5 nitrogen and oxygen atoms in total. The number of rotatable bonds is 5. The Labute approximate surface area is 118 Å². The molecule has 1 aliphatic carbocycles. The molecule has 0 radical (unpaired) electrons. The van der Waals surface area contributed by atoms with Gasteiger partial charge in [-0.05, 0) is 43.4 Å². The maximum Gasteiger partial charge on any atom is 0.315 e. The van der Waals surface area contributed by atoms with E-state index in [2.05, 4.69) is 16.7 Å². The third kappa shape index (κ3) is 3.49. The fourth-order valence-corrected chi connectivity index (χ4v) is 2.23. The predicted octanol–water partition coefficient (Wildman–Crippen LogP) is 1.52. The number of urea groups is 1. The first-order chi connectivity index (χ1) is 9.57. The van der Waals surface area contributed by atoms with E-state index in [-0.39, 0.29) is 12.6 Å². The van der Waals surface area contributed by atoms with Crippen LogP contribution in [0.1, 0.15) is 30.9 Å². The third-order valence-corrected chi connectivity index (χ3v) is 3.72. The average molecular weight is 273 g/mol. The number of hydrogen-bond donors (Lipinski definition) is 3. The smallest absolute Gasteiger partial charge is 0.315 e. The van der Waals surface area contributed by atoms with Crippen molar-refractivity contribution in [2.45, 2.75) is 31.8 Å². The van der Waals surface area contributed by atoms with E-state index < -0.39 is 5.54 Å². The van der Waals surface area contributed by atoms with Crippen molar-refractivity contribution in [1.82, 2.24) is 10.6 Å². The number of nitriles is 1. The van der Waals surface area contributed by atoms with Crippen LogP contribution in [-0.4, -0.2) is 23.3 Å². The monoisotopic (exact) mass is 273 g/mol. The number of amides is 2. The molecule has 0 aromatic heterocycles. The number of carbonyl (C=O) groups excluding carboxylic acids is 1. The summed E-state index contributed by atoms with van der Waals surface area (Å²) in [6.07, 6.45) is 2.09. The first kappa shape index (κ1) is 14.4. The summed E-state index contributed by atoms with van der Waals surface area (Å²) >= 11 is 0. The SMILES string of the molecule is CC(CO)(NC(=O)NCc1cccc(C#N)c1)C1CC1. The molecule has 20 heavy (non-hydrogen) atoms. The van der Waals surface area contributed by atoms with Gasteiger partial charge in [-0.15, -0.1) is 0 Å². The lowest BCUT2D eigenvalue weighted by atomic mass is 9.97. The molecule has 1 aliphatic rings. The zero-order chi connectivity index (χ0) is 14.6. The van der Waals surface area contributed by atoms with E-state index in [9.17, 15) is 9.90 Å². The molecule has 1 aromatic carbocycles. The first-order valence-electron chi connectivity index (χ1n) is 6.73. The van der Waals surface area contributed by atoms with Crippen LogP contribution in [0.5, 0.6) is 0 Å². The van der Waals surface area contributed by atoms with Crippen LogP contribution in [-0.2, 0) is 6.54 Å². The van der Waals surface area contributed by atoms with Crippen molar-refractivity contribution in [2.24, 2.45) is 5.92 Å². The highest BCUT2D eigenvalue weighted by molar-refractivity contribution is 5.74. The summed E-state index contributed by atoms with van der Waals surface area (Å²) in [5, 5.41) is 23.8. The van der Waals surface area contributed by atoms with E-state index in [4.69, 9.17) is 5.26 Å². The highest BCUT2D eigenvalue weighted by atomic mass is 16.3. The van der Waals surface area contributed by atoms with Crippen molar-refractivity contribution < 1.29 is 9.90 Å². The summed E-state index contributed by atoms with van der Waals surface area (Å²) in [6.45, 7) is 2.16. The van der Waals surface area contributed by atoms with Gasteiger partial charge in [-0.3, -0.25) is 0 Å². The van der Waals surface area contributed by atoms with Crippen LogP contribution >= 0.6 is 0 Å². The van der Waals surface area contributed by atoms with Crippen LogP contribution in [0.2, 0.25) is 0 Å². The van der Waals surface area contributed by atoms with Gasteiger partial charge < -0.3 is 15.7 Å². The zero-order valence-corrected chi connectivity index (χ0v) is 11.5. The molecule has 1 unspecified atom stereocenters. The first-order valence-corrected chi connectivity index (χ1v) is 6.73. The molecule has 1 atom stereocenters. The van der Waals surface area contributed by atoms with E-state index in [0.29, 0.717) is 18.0 Å². The van der Waals surface area contributed by atoms with Crippen LogP contribution in [0, 0.1) is 17.2 Å². The summed E-state index contributed by atoms with van der Waals surface area (Å²) < 4.78 is 0. The second-order valence-corrected chi connectivity index (χ2v) is 5.47. The van der Waals surface area contributed by atoms with Gasteiger partial charge in [0, 0.05) is 6.54 Å². The molecule has 0 aliphatic heterocycles. The Kier molecular flexibility index (Phi) is 4.26. The van der Waals surface area contributed by atoms with Crippen LogP contribution in [0.4, 0.5) is 4.79 Å². The largest absolute Gasteiger partial charge is 0.394 e. The van der Waals surface area contributed by atoms with Crippen LogP contribution in [0.3, 0.4) is 0 Å². The number of nitrogens with one attached hydrogen (secondary N) is 2. The topological polar surface area (TPSA) is 85.2 Å². The van der Waals surface area contributed by atoms with Gasteiger partial charge in [-0.2, -0.15) is 5.26 Å². The maximum absolute atomic E-state index is 11.9. The number of hydrogen-bond acceptors (Lipinski definition) is 3. The third-order valence-electron chi connectivity index (χ3n) is 3.72. The Morgan fingerprint density at radius 3 is 2.90 bits per heavy atom. The second-order valence-electron chi connectivity index (χ2n) is 5.47. The van der Waals surface area contributed by atoms with E-state index in [1.807, 2.05) is 13.0 Å².